The first kappa shape index (κ1) is 13.2. The zero-order chi connectivity index (χ0) is 11.7. The Bertz CT molecular complexity index is 430. The molecule has 1 N–H and O–H groups in total. The van der Waals surface area contributed by atoms with Gasteiger partial charge >= 0.3 is 0 Å². The SMILES string of the molecule is CS(=O)(=O)C(Cl)(I)C(O)c1ccccc1. The fraction of sp³-hybridized carbons (Fsp3) is 0.333. The summed E-state index contributed by atoms with van der Waals surface area (Å²) in [5, 5.41) is 9.87. The minimum Gasteiger partial charge on any atom is -0.385 e. The molecule has 6 heteroatoms. The molecule has 0 heterocycles. The number of aliphatic hydroxyl groups is 1. The second-order valence-corrected chi connectivity index (χ2v) is 9.23. The van der Waals surface area contributed by atoms with Crippen molar-refractivity contribution in [3.63, 3.8) is 0 Å². The van der Waals surface area contributed by atoms with Gasteiger partial charge in [-0.15, -0.1) is 0 Å². The predicted octanol–water partition coefficient (Wildman–Crippen LogP) is 2.09. The van der Waals surface area contributed by atoms with E-state index < -0.39 is 18.2 Å². The molecule has 0 aliphatic heterocycles. The van der Waals surface area contributed by atoms with E-state index in [-0.39, 0.29) is 0 Å². The van der Waals surface area contributed by atoms with E-state index in [1.165, 1.54) is 22.6 Å². The maximum atomic E-state index is 11.4. The Kier molecular flexibility index (Phi) is 4.02. The molecule has 2 atom stereocenters. The Morgan fingerprint density at radius 2 is 1.87 bits per heavy atom. The Hall–Kier alpha value is 0.150. The van der Waals surface area contributed by atoms with Gasteiger partial charge < -0.3 is 5.11 Å². The van der Waals surface area contributed by atoms with Gasteiger partial charge in [0.1, 0.15) is 6.10 Å². The van der Waals surface area contributed by atoms with Crippen LogP contribution in [-0.2, 0) is 9.84 Å². The monoisotopic (exact) mass is 360 g/mol. The largest absolute Gasteiger partial charge is 0.385 e. The molecule has 3 nitrogen and oxygen atoms in total. The zero-order valence-corrected chi connectivity index (χ0v) is 11.6. The summed E-state index contributed by atoms with van der Waals surface area (Å²) >= 11 is 7.39. The van der Waals surface area contributed by atoms with Crippen LogP contribution in [0.5, 0.6) is 0 Å². The van der Waals surface area contributed by atoms with Crippen LogP contribution in [0.1, 0.15) is 11.7 Å². The molecular formula is C9H10ClIO3S. The first-order valence-electron chi connectivity index (χ1n) is 4.07. The summed E-state index contributed by atoms with van der Waals surface area (Å²) in [5.74, 6) is 0. The average molecular weight is 361 g/mol. The van der Waals surface area contributed by atoms with Crippen LogP contribution in [-0.4, -0.2) is 22.0 Å². The number of hydrogen-bond donors (Lipinski definition) is 1. The summed E-state index contributed by atoms with van der Waals surface area (Å²) in [6.07, 6.45) is -0.255. The summed E-state index contributed by atoms with van der Waals surface area (Å²) in [5.41, 5.74) is 0.479. The van der Waals surface area contributed by atoms with Gasteiger partial charge in [-0.3, -0.25) is 0 Å². The number of aliphatic hydroxyl groups excluding tert-OH is 1. The topological polar surface area (TPSA) is 54.4 Å². The molecule has 0 bridgehead atoms. The van der Waals surface area contributed by atoms with Crippen molar-refractivity contribution in [1.82, 2.24) is 0 Å². The molecule has 84 valence electrons. The van der Waals surface area contributed by atoms with E-state index >= 15 is 0 Å². The molecule has 0 aliphatic carbocycles. The first-order valence-corrected chi connectivity index (χ1v) is 7.42. The first-order chi connectivity index (χ1) is 6.77. The Morgan fingerprint density at radius 1 is 1.40 bits per heavy atom. The van der Waals surface area contributed by atoms with E-state index in [1.807, 2.05) is 0 Å². The zero-order valence-electron chi connectivity index (χ0n) is 7.89. The highest BCUT2D eigenvalue weighted by Gasteiger charge is 2.43. The van der Waals surface area contributed by atoms with E-state index in [0.717, 1.165) is 6.26 Å². The average Bonchev–Trinajstić information content (AvgIpc) is 2.16. The predicted molar refractivity (Wildman–Crippen MR) is 68.8 cm³/mol. The molecule has 0 aromatic heterocycles. The van der Waals surface area contributed by atoms with Crippen molar-refractivity contribution in [1.29, 1.82) is 0 Å². The lowest BCUT2D eigenvalue weighted by Gasteiger charge is -2.24. The number of hydrogen-bond acceptors (Lipinski definition) is 3. The van der Waals surface area contributed by atoms with Gasteiger partial charge in [0.15, 0.2) is 9.84 Å². The molecule has 0 fully saturated rings. The molecule has 1 aromatic rings. The van der Waals surface area contributed by atoms with Crippen molar-refractivity contribution in [2.45, 2.75) is 8.32 Å². The number of rotatable bonds is 3. The summed E-state index contributed by atoms with van der Waals surface area (Å²) in [6, 6.07) is 8.46. The molecule has 0 aliphatic rings. The van der Waals surface area contributed by atoms with Gasteiger partial charge in [-0.1, -0.05) is 41.9 Å². The maximum absolute atomic E-state index is 11.4. The van der Waals surface area contributed by atoms with E-state index in [9.17, 15) is 13.5 Å². The lowest BCUT2D eigenvalue weighted by Crippen LogP contribution is -2.31. The minimum atomic E-state index is -3.55. The van der Waals surface area contributed by atoms with Crippen molar-refractivity contribution >= 4 is 44.0 Å². The minimum absolute atomic E-state index is 0.479. The van der Waals surface area contributed by atoms with Crippen LogP contribution >= 0.6 is 34.2 Å². The van der Waals surface area contributed by atoms with Crippen molar-refractivity contribution < 1.29 is 13.5 Å². The number of sulfone groups is 1. The molecule has 0 saturated carbocycles. The van der Waals surface area contributed by atoms with E-state index in [1.54, 1.807) is 30.3 Å². The molecule has 0 saturated heterocycles. The highest BCUT2D eigenvalue weighted by Crippen LogP contribution is 2.42. The van der Waals surface area contributed by atoms with Gasteiger partial charge in [0.2, 0.25) is 2.21 Å². The van der Waals surface area contributed by atoms with Crippen LogP contribution in [0.4, 0.5) is 0 Å². The van der Waals surface area contributed by atoms with Crippen LogP contribution < -0.4 is 0 Å². The van der Waals surface area contributed by atoms with E-state index in [0.29, 0.717) is 5.56 Å². The number of halogens is 2. The van der Waals surface area contributed by atoms with Crippen molar-refractivity contribution in [3.8, 4) is 0 Å². The highest BCUT2D eigenvalue weighted by molar-refractivity contribution is 14.1. The van der Waals surface area contributed by atoms with Crippen molar-refractivity contribution in [3.05, 3.63) is 35.9 Å². The fourth-order valence-corrected chi connectivity index (χ4v) is 2.06. The standard InChI is InChI=1S/C9H10ClIO3S/c1-15(13,14)9(10,11)8(12)7-5-3-2-4-6-7/h2-6,8,12H,1H3. The third kappa shape index (κ3) is 2.83. The third-order valence-electron chi connectivity index (χ3n) is 1.93. The quantitative estimate of drug-likeness (QED) is 0.663. The molecule has 0 spiro atoms. The summed E-state index contributed by atoms with van der Waals surface area (Å²) < 4.78 is 21.0. The third-order valence-corrected chi connectivity index (χ3v) is 7.18. The lowest BCUT2D eigenvalue weighted by atomic mass is 10.1. The summed E-state index contributed by atoms with van der Waals surface area (Å²) in [4.78, 5) is 0. The second-order valence-electron chi connectivity index (χ2n) is 3.15. The Morgan fingerprint density at radius 3 is 2.27 bits per heavy atom. The van der Waals surface area contributed by atoms with Crippen LogP contribution in [0, 0.1) is 0 Å². The van der Waals surface area contributed by atoms with Crippen LogP contribution in [0.3, 0.4) is 0 Å². The number of alkyl halides is 2. The molecule has 1 aromatic carbocycles. The van der Waals surface area contributed by atoms with Crippen LogP contribution in [0.15, 0.2) is 30.3 Å². The van der Waals surface area contributed by atoms with Crippen molar-refractivity contribution in [2.24, 2.45) is 0 Å². The van der Waals surface area contributed by atoms with Gasteiger partial charge in [-0.25, -0.2) is 8.42 Å². The number of benzene rings is 1. The van der Waals surface area contributed by atoms with Crippen LogP contribution in [0.2, 0.25) is 0 Å². The van der Waals surface area contributed by atoms with E-state index in [2.05, 4.69) is 0 Å². The highest BCUT2D eigenvalue weighted by atomic mass is 127. The molecule has 1 rings (SSSR count). The van der Waals surface area contributed by atoms with Gasteiger partial charge in [0.05, 0.1) is 0 Å². The summed E-state index contributed by atoms with van der Waals surface area (Å²) in [7, 11) is -3.55. The molecule has 0 radical (unpaired) electrons. The Labute approximate surface area is 108 Å². The maximum Gasteiger partial charge on any atom is 0.224 e. The van der Waals surface area contributed by atoms with Gasteiger partial charge in [-0.05, 0) is 28.2 Å². The van der Waals surface area contributed by atoms with Gasteiger partial charge in [0, 0.05) is 6.26 Å². The summed E-state index contributed by atoms with van der Waals surface area (Å²) in [6.45, 7) is 0. The fourth-order valence-electron chi connectivity index (χ4n) is 1.03. The lowest BCUT2D eigenvalue weighted by molar-refractivity contribution is 0.188. The van der Waals surface area contributed by atoms with Gasteiger partial charge in [0.25, 0.3) is 0 Å². The molecular weight excluding hydrogens is 351 g/mol. The second kappa shape index (κ2) is 4.57. The molecule has 2 unspecified atom stereocenters. The van der Waals surface area contributed by atoms with Gasteiger partial charge in [-0.2, -0.15) is 0 Å². The molecule has 15 heavy (non-hydrogen) atoms. The van der Waals surface area contributed by atoms with Crippen molar-refractivity contribution in [2.75, 3.05) is 6.26 Å². The normalized spacial score (nSPS) is 18.1. The van der Waals surface area contributed by atoms with Crippen LogP contribution in [0.25, 0.3) is 0 Å². The molecule has 0 amide bonds. The van der Waals surface area contributed by atoms with E-state index in [4.69, 9.17) is 11.6 Å². The Balaban J connectivity index is 3.11. The smallest absolute Gasteiger partial charge is 0.224 e.